The molecule has 122 valence electrons. The summed E-state index contributed by atoms with van der Waals surface area (Å²) >= 11 is 6.05. The standard InChI is InChI=1S/C15H12ClN5O3/c16-9-6-8(4-5-11(9)21(23)24)14-13-10(2-1-3-12(13)22)19-15-17-7-18-20(14)15/h4-7,14H,1-3H2,(H,17,18,19). The molecule has 1 aromatic heterocycles. The number of nitrogens with one attached hydrogen (secondary N) is 1. The van der Waals surface area contributed by atoms with Crippen molar-refractivity contribution in [2.24, 2.45) is 0 Å². The Morgan fingerprint density at radius 2 is 2.21 bits per heavy atom. The molecular weight excluding hydrogens is 334 g/mol. The van der Waals surface area contributed by atoms with Gasteiger partial charge in [0.05, 0.1) is 4.92 Å². The predicted molar refractivity (Wildman–Crippen MR) is 85.8 cm³/mol. The summed E-state index contributed by atoms with van der Waals surface area (Å²) in [6.07, 6.45) is 3.42. The topological polar surface area (TPSA) is 103 Å². The van der Waals surface area contributed by atoms with Crippen LogP contribution in [0.4, 0.5) is 11.6 Å². The summed E-state index contributed by atoms with van der Waals surface area (Å²) in [5.74, 6) is 0.590. The van der Waals surface area contributed by atoms with Gasteiger partial charge in [0.25, 0.3) is 5.69 Å². The molecule has 0 saturated carbocycles. The van der Waals surface area contributed by atoms with Gasteiger partial charge in [-0.15, -0.1) is 0 Å². The molecule has 1 aliphatic heterocycles. The minimum Gasteiger partial charge on any atom is -0.328 e. The summed E-state index contributed by atoms with van der Waals surface area (Å²) in [5, 5.41) is 18.4. The Balaban J connectivity index is 1.89. The molecule has 0 fully saturated rings. The van der Waals surface area contributed by atoms with E-state index in [-0.39, 0.29) is 16.5 Å². The number of allylic oxidation sites excluding steroid dienone is 2. The zero-order chi connectivity index (χ0) is 16.8. The molecule has 1 atom stereocenters. The second-order valence-corrected chi connectivity index (χ2v) is 6.10. The van der Waals surface area contributed by atoms with Gasteiger partial charge in [-0.05, 0) is 30.5 Å². The Labute approximate surface area is 141 Å². The molecule has 1 aromatic carbocycles. The molecule has 0 spiro atoms. The molecule has 0 bridgehead atoms. The lowest BCUT2D eigenvalue weighted by atomic mass is 9.85. The number of hydrogen-bond donors (Lipinski definition) is 1. The number of nitro benzene ring substituents is 1. The van der Waals surface area contributed by atoms with Gasteiger partial charge in [0.15, 0.2) is 5.78 Å². The summed E-state index contributed by atoms with van der Waals surface area (Å²) in [7, 11) is 0. The number of hydrogen-bond acceptors (Lipinski definition) is 6. The van der Waals surface area contributed by atoms with Crippen molar-refractivity contribution in [3.63, 3.8) is 0 Å². The maximum Gasteiger partial charge on any atom is 0.287 e. The fourth-order valence-electron chi connectivity index (χ4n) is 3.25. The average Bonchev–Trinajstić information content (AvgIpc) is 3.00. The number of fused-ring (bicyclic) bond motifs is 1. The zero-order valence-electron chi connectivity index (χ0n) is 12.4. The van der Waals surface area contributed by atoms with E-state index in [1.165, 1.54) is 18.5 Å². The van der Waals surface area contributed by atoms with E-state index in [1.54, 1.807) is 10.7 Å². The van der Waals surface area contributed by atoms with Gasteiger partial charge >= 0.3 is 0 Å². The van der Waals surface area contributed by atoms with Gasteiger partial charge in [0.1, 0.15) is 17.4 Å². The Morgan fingerprint density at radius 3 is 2.96 bits per heavy atom. The number of aromatic nitrogens is 3. The number of ketones is 1. The Hall–Kier alpha value is -2.74. The summed E-state index contributed by atoms with van der Waals surface area (Å²) in [6, 6.07) is 4.00. The van der Waals surface area contributed by atoms with Crippen LogP contribution in [0.2, 0.25) is 5.02 Å². The van der Waals surface area contributed by atoms with Crippen LogP contribution in [0.5, 0.6) is 0 Å². The normalized spacial score (nSPS) is 19.5. The highest BCUT2D eigenvalue weighted by Crippen LogP contribution is 2.40. The van der Waals surface area contributed by atoms with Crippen LogP contribution >= 0.6 is 11.6 Å². The van der Waals surface area contributed by atoms with Crippen molar-refractivity contribution < 1.29 is 9.72 Å². The molecule has 4 rings (SSSR count). The molecule has 2 heterocycles. The quantitative estimate of drug-likeness (QED) is 0.663. The third-order valence-corrected chi connectivity index (χ3v) is 4.60. The van der Waals surface area contributed by atoms with Crippen LogP contribution in [0.1, 0.15) is 30.9 Å². The first-order chi connectivity index (χ1) is 11.6. The van der Waals surface area contributed by atoms with E-state index in [4.69, 9.17) is 11.6 Å². The van der Waals surface area contributed by atoms with Gasteiger partial charge in [-0.2, -0.15) is 10.1 Å². The van der Waals surface area contributed by atoms with Crippen LogP contribution in [0.15, 0.2) is 35.8 Å². The summed E-state index contributed by atoms with van der Waals surface area (Å²) in [6.45, 7) is 0. The minimum atomic E-state index is -0.536. The fourth-order valence-corrected chi connectivity index (χ4v) is 3.50. The third kappa shape index (κ3) is 2.18. The predicted octanol–water partition coefficient (Wildman–Crippen LogP) is 2.86. The van der Waals surface area contributed by atoms with Crippen LogP contribution in [0.25, 0.3) is 0 Å². The molecule has 2 aromatic rings. The number of rotatable bonds is 2. The van der Waals surface area contributed by atoms with Crippen molar-refractivity contribution in [2.75, 3.05) is 5.32 Å². The number of halogens is 1. The highest BCUT2D eigenvalue weighted by molar-refractivity contribution is 6.32. The van der Waals surface area contributed by atoms with Crippen molar-refractivity contribution in [3.8, 4) is 0 Å². The number of nitrogens with zero attached hydrogens (tertiary/aromatic N) is 4. The minimum absolute atomic E-state index is 0.0307. The summed E-state index contributed by atoms with van der Waals surface area (Å²) in [4.78, 5) is 27.1. The largest absolute Gasteiger partial charge is 0.328 e. The highest BCUT2D eigenvalue weighted by Gasteiger charge is 2.36. The van der Waals surface area contributed by atoms with E-state index in [1.807, 2.05) is 0 Å². The zero-order valence-corrected chi connectivity index (χ0v) is 13.2. The van der Waals surface area contributed by atoms with Gasteiger partial charge in [0, 0.05) is 23.8 Å². The molecule has 8 nitrogen and oxygen atoms in total. The van der Waals surface area contributed by atoms with Crippen LogP contribution in [0, 0.1) is 10.1 Å². The second-order valence-electron chi connectivity index (χ2n) is 5.69. The van der Waals surface area contributed by atoms with Crippen molar-refractivity contribution in [1.29, 1.82) is 0 Å². The van der Waals surface area contributed by atoms with E-state index >= 15 is 0 Å². The van der Waals surface area contributed by atoms with Gasteiger partial charge in [-0.25, -0.2) is 4.68 Å². The van der Waals surface area contributed by atoms with Crippen molar-refractivity contribution in [2.45, 2.75) is 25.3 Å². The maximum absolute atomic E-state index is 12.5. The van der Waals surface area contributed by atoms with Crippen LogP contribution < -0.4 is 5.32 Å². The molecule has 0 amide bonds. The van der Waals surface area contributed by atoms with Gasteiger partial charge in [-0.3, -0.25) is 14.9 Å². The number of anilines is 1. The first kappa shape index (κ1) is 14.8. The fraction of sp³-hybridized carbons (Fsp3) is 0.267. The first-order valence-electron chi connectivity index (χ1n) is 7.43. The lowest BCUT2D eigenvalue weighted by molar-refractivity contribution is -0.384. The molecule has 2 aliphatic rings. The number of benzene rings is 1. The highest BCUT2D eigenvalue weighted by atomic mass is 35.5. The number of nitro groups is 1. The van der Waals surface area contributed by atoms with Gasteiger partial charge in [-0.1, -0.05) is 11.6 Å². The smallest absolute Gasteiger partial charge is 0.287 e. The van der Waals surface area contributed by atoms with Crippen molar-refractivity contribution in [3.05, 3.63) is 56.5 Å². The lowest BCUT2D eigenvalue weighted by Crippen LogP contribution is -2.31. The van der Waals surface area contributed by atoms with Crippen LogP contribution in [-0.4, -0.2) is 25.5 Å². The molecule has 24 heavy (non-hydrogen) atoms. The molecule has 0 radical (unpaired) electrons. The Kier molecular flexibility index (Phi) is 3.34. The second kappa shape index (κ2) is 5.41. The molecule has 1 N–H and O–H groups in total. The summed E-state index contributed by atoms with van der Waals surface area (Å²) in [5.41, 5.74) is 1.97. The van der Waals surface area contributed by atoms with Crippen LogP contribution in [-0.2, 0) is 4.79 Å². The van der Waals surface area contributed by atoms with Crippen molar-refractivity contribution >= 4 is 29.0 Å². The third-order valence-electron chi connectivity index (χ3n) is 4.29. The number of Topliss-reactive ketones (excluding diaryl/α,β-unsaturated/α-hetero) is 1. The van der Waals surface area contributed by atoms with E-state index in [9.17, 15) is 14.9 Å². The number of carbonyl (C=O) groups is 1. The number of carbonyl (C=O) groups excluding carboxylic acids is 1. The molecular formula is C15H12ClN5O3. The maximum atomic E-state index is 12.5. The van der Waals surface area contributed by atoms with Crippen molar-refractivity contribution in [1.82, 2.24) is 14.8 Å². The monoisotopic (exact) mass is 345 g/mol. The van der Waals surface area contributed by atoms with E-state index in [0.717, 1.165) is 18.5 Å². The SMILES string of the molecule is O=C1CCCC2=C1C(c1ccc([N+](=O)[O-])c(Cl)c1)n1ncnc1N2. The Bertz CT molecular complexity index is 904. The van der Waals surface area contributed by atoms with E-state index in [0.29, 0.717) is 23.5 Å². The van der Waals surface area contributed by atoms with E-state index in [2.05, 4.69) is 15.4 Å². The Morgan fingerprint density at radius 1 is 1.38 bits per heavy atom. The van der Waals surface area contributed by atoms with Gasteiger partial charge < -0.3 is 5.32 Å². The average molecular weight is 346 g/mol. The summed E-state index contributed by atoms with van der Waals surface area (Å²) < 4.78 is 1.61. The lowest BCUT2D eigenvalue weighted by Gasteiger charge is -2.32. The molecule has 9 heteroatoms. The first-order valence-corrected chi connectivity index (χ1v) is 7.80. The van der Waals surface area contributed by atoms with Crippen LogP contribution in [0.3, 0.4) is 0 Å². The molecule has 1 unspecified atom stereocenters. The van der Waals surface area contributed by atoms with Gasteiger partial charge in [0.2, 0.25) is 5.95 Å². The van der Waals surface area contributed by atoms with E-state index < -0.39 is 11.0 Å². The molecule has 1 aliphatic carbocycles. The molecule has 0 saturated heterocycles.